The van der Waals surface area contributed by atoms with Crippen LogP contribution in [0.5, 0.6) is 5.75 Å². The highest BCUT2D eigenvalue weighted by molar-refractivity contribution is 5.99. The Morgan fingerprint density at radius 3 is 2.66 bits per heavy atom. The highest BCUT2D eigenvalue weighted by Crippen LogP contribution is 2.40. The van der Waals surface area contributed by atoms with E-state index in [0.29, 0.717) is 18.2 Å². The van der Waals surface area contributed by atoms with Gasteiger partial charge in [-0.1, -0.05) is 30.3 Å². The van der Waals surface area contributed by atoms with Crippen LogP contribution >= 0.6 is 0 Å². The van der Waals surface area contributed by atoms with Gasteiger partial charge in [-0.3, -0.25) is 4.98 Å². The Hall–Kier alpha value is -3.89. The van der Waals surface area contributed by atoms with Gasteiger partial charge >= 0.3 is 0 Å². The van der Waals surface area contributed by atoms with Crippen LogP contribution in [0.15, 0.2) is 55.0 Å². The molecule has 7 heteroatoms. The van der Waals surface area contributed by atoms with Gasteiger partial charge in [-0.2, -0.15) is 0 Å². The van der Waals surface area contributed by atoms with Gasteiger partial charge in [0.2, 0.25) is 0 Å². The molecular weight excluding hydrogens is 436 g/mol. The SMILES string of the molecule is [C-]#[N+]c1ccc(-c2c(-c3ccc4c(c3)OCCN4C)ncc3c2ncn3CC2CCN(C)C2)cc1. The summed E-state index contributed by atoms with van der Waals surface area (Å²) < 4.78 is 8.23. The van der Waals surface area contributed by atoms with Crippen LogP contribution in [0.2, 0.25) is 0 Å². The van der Waals surface area contributed by atoms with Gasteiger partial charge in [0, 0.05) is 31.3 Å². The summed E-state index contributed by atoms with van der Waals surface area (Å²) in [6.07, 6.45) is 5.12. The van der Waals surface area contributed by atoms with Crippen molar-refractivity contribution in [1.29, 1.82) is 0 Å². The summed E-state index contributed by atoms with van der Waals surface area (Å²) in [5.41, 5.74) is 7.56. The molecule has 0 saturated carbocycles. The lowest BCUT2D eigenvalue weighted by Gasteiger charge is -2.28. The molecule has 0 bridgehead atoms. The summed E-state index contributed by atoms with van der Waals surface area (Å²) >= 11 is 0. The Morgan fingerprint density at radius 2 is 1.89 bits per heavy atom. The molecule has 4 heterocycles. The average Bonchev–Trinajstić information content (AvgIpc) is 3.49. The molecule has 2 aliphatic heterocycles. The van der Waals surface area contributed by atoms with Crippen molar-refractivity contribution in [2.45, 2.75) is 13.0 Å². The molecule has 1 saturated heterocycles. The molecule has 0 spiro atoms. The normalized spacial score (nSPS) is 17.9. The number of likely N-dealkylation sites (N-methyl/N-ethyl adjacent to an activating group) is 1. The molecule has 2 aromatic heterocycles. The van der Waals surface area contributed by atoms with Gasteiger partial charge < -0.3 is 19.1 Å². The van der Waals surface area contributed by atoms with Crippen molar-refractivity contribution < 1.29 is 4.74 Å². The van der Waals surface area contributed by atoms with Crippen LogP contribution in [0.1, 0.15) is 6.42 Å². The largest absolute Gasteiger partial charge is 0.490 e. The van der Waals surface area contributed by atoms with Gasteiger partial charge in [0.15, 0.2) is 5.69 Å². The first kappa shape index (κ1) is 21.6. The minimum absolute atomic E-state index is 0.619. The average molecular weight is 465 g/mol. The van der Waals surface area contributed by atoms with Crippen molar-refractivity contribution in [2.75, 3.05) is 45.2 Å². The minimum atomic E-state index is 0.619. The van der Waals surface area contributed by atoms with E-state index in [-0.39, 0.29) is 0 Å². The van der Waals surface area contributed by atoms with Gasteiger partial charge in [-0.25, -0.2) is 9.83 Å². The lowest BCUT2D eigenvalue weighted by Crippen LogP contribution is -2.28. The number of hydrogen-bond acceptors (Lipinski definition) is 5. The molecular formula is C28H28N6O. The fourth-order valence-electron chi connectivity index (χ4n) is 5.32. The second kappa shape index (κ2) is 8.71. The molecule has 2 aromatic carbocycles. The highest BCUT2D eigenvalue weighted by Gasteiger charge is 2.23. The van der Waals surface area contributed by atoms with Crippen molar-refractivity contribution in [2.24, 2.45) is 5.92 Å². The summed E-state index contributed by atoms with van der Waals surface area (Å²) in [4.78, 5) is 18.0. The van der Waals surface area contributed by atoms with Crippen LogP contribution in [-0.2, 0) is 6.54 Å². The predicted molar refractivity (Wildman–Crippen MR) is 139 cm³/mol. The molecule has 7 nitrogen and oxygen atoms in total. The quantitative estimate of drug-likeness (QED) is 0.394. The molecule has 1 fully saturated rings. The van der Waals surface area contributed by atoms with Crippen LogP contribution < -0.4 is 9.64 Å². The Balaban J connectivity index is 1.49. The fourth-order valence-corrected chi connectivity index (χ4v) is 5.32. The lowest BCUT2D eigenvalue weighted by atomic mass is 9.97. The minimum Gasteiger partial charge on any atom is -0.490 e. The Kier molecular flexibility index (Phi) is 5.39. The number of benzene rings is 2. The zero-order chi connectivity index (χ0) is 23.9. The van der Waals surface area contributed by atoms with Crippen LogP contribution in [0.4, 0.5) is 11.4 Å². The summed E-state index contributed by atoms with van der Waals surface area (Å²) in [5, 5.41) is 0. The van der Waals surface area contributed by atoms with E-state index < -0.39 is 0 Å². The van der Waals surface area contributed by atoms with Gasteiger partial charge in [0.1, 0.15) is 17.9 Å². The van der Waals surface area contributed by atoms with Crippen LogP contribution in [0.3, 0.4) is 0 Å². The van der Waals surface area contributed by atoms with Crippen molar-refractivity contribution in [1.82, 2.24) is 19.4 Å². The summed E-state index contributed by atoms with van der Waals surface area (Å²) in [6.45, 7) is 12.1. The zero-order valence-corrected chi connectivity index (χ0v) is 20.1. The van der Waals surface area contributed by atoms with E-state index >= 15 is 0 Å². The van der Waals surface area contributed by atoms with Crippen molar-refractivity contribution >= 4 is 22.4 Å². The molecule has 1 atom stereocenters. The number of pyridine rings is 1. The molecule has 0 aliphatic carbocycles. The number of rotatable bonds is 4. The molecule has 6 rings (SSSR count). The first-order valence-electron chi connectivity index (χ1n) is 12.1. The highest BCUT2D eigenvalue weighted by atomic mass is 16.5. The van der Waals surface area contributed by atoms with E-state index in [1.807, 2.05) is 36.8 Å². The number of ether oxygens (including phenoxy) is 1. The Bertz CT molecular complexity index is 1430. The van der Waals surface area contributed by atoms with E-state index in [0.717, 1.165) is 71.0 Å². The number of fused-ring (bicyclic) bond motifs is 2. The standard InChI is InChI=1S/C28H28N6O/c1-29-22-7-4-20(5-8-22)26-27(21-6-9-23-25(14-21)35-13-12-33(23)3)30-15-24-28(26)31-18-34(24)17-19-10-11-32(2)16-19/h4-9,14-15,18-19H,10-13,16-17H2,2-3H3. The van der Waals surface area contributed by atoms with Gasteiger partial charge in [0.25, 0.3) is 0 Å². The Labute approximate surface area is 205 Å². The van der Waals surface area contributed by atoms with Crippen molar-refractivity contribution in [3.8, 4) is 28.1 Å². The molecule has 0 amide bonds. The summed E-state index contributed by atoms with van der Waals surface area (Å²) in [5.74, 6) is 1.50. The molecule has 4 aromatic rings. The van der Waals surface area contributed by atoms with Crippen LogP contribution in [0, 0.1) is 12.5 Å². The number of likely N-dealkylation sites (tertiary alicyclic amines) is 1. The first-order chi connectivity index (χ1) is 17.1. The fraction of sp³-hybridized carbons (Fsp3) is 0.321. The number of nitrogens with zero attached hydrogens (tertiary/aromatic N) is 6. The van der Waals surface area contributed by atoms with Crippen molar-refractivity contribution in [3.05, 3.63) is 66.4 Å². The van der Waals surface area contributed by atoms with Crippen LogP contribution in [-0.4, -0.2) is 59.8 Å². The molecule has 1 unspecified atom stereocenters. The van der Waals surface area contributed by atoms with Crippen LogP contribution in [0.25, 0.3) is 38.3 Å². The molecule has 0 N–H and O–H groups in total. The number of imidazole rings is 1. The monoisotopic (exact) mass is 464 g/mol. The van der Waals surface area contributed by atoms with Crippen molar-refractivity contribution in [3.63, 3.8) is 0 Å². The predicted octanol–water partition coefficient (Wildman–Crippen LogP) is 5.10. The molecule has 176 valence electrons. The maximum Gasteiger partial charge on any atom is 0.187 e. The summed E-state index contributed by atoms with van der Waals surface area (Å²) in [7, 11) is 4.27. The van der Waals surface area contributed by atoms with Gasteiger partial charge in [-0.05, 0) is 43.6 Å². The number of aromatic nitrogens is 3. The maximum absolute atomic E-state index is 7.33. The van der Waals surface area contributed by atoms with E-state index in [1.165, 1.54) is 6.42 Å². The third kappa shape index (κ3) is 3.90. The lowest BCUT2D eigenvalue weighted by molar-refractivity contribution is 0.311. The molecule has 2 aliphatic rings. The third-order valence-corrected chi connectivity index (χ3v) is 7.23. The number of anilines is 1. The molecule has 35 heavy (non-hydrogen) atoms. The molecule has 0 radical (unpaired) electrons. The summed E-state index contributed by atoms with van der Waals surface area (Å²) in [6, 6.07) is 14.0. The van der Waals surface area contributed by atoms with E-state index in [2.05, 4.69) is 51.5 Å². The van der Waals surface area contributed by atoms with Gasteiger partial charge in [-0.15, -0.1) is 0 Å². The Morgan fingerprint density at radius 1 is 1.06 bits per heavy atom. The van der Waals surface area contributed by atoms with E-state index in [4.69, 9.17) is 21.3 Å². The second-order valence-corrected chi connectivity index (χ2v) is 9.64. The topological polar surface area (TPSA) is 50.8 Å². The zero-order valence-electron chi connectivity index (χ0n) is 20.1. The smallest absolute Gasteiger partial charge is 0.187 e. The second-order valence-electron chi connectivity index (χ2n) is 9.64. The van der Waals surface area contributed by atoms with E-state index in [9.17, 15) is 0 Å². The maximum atomic E-state index is 7.33. The first-order valence-corrected chi connectivity index (χ1v) is 12.1. The number of hydrogen-bond donors (Lipinski definition) is 0. The third-order valence-electron chi connectivity index (χ3n) is 7.23. The van der Waals surface area contributed by atoms with E-state index in [1.54, 1.807) is 0 Å². The van der Waals surface area contributed by atoms with Gasteiger partial charge in [0.05, 0.1) is 42.5 Å².